The lowest BCUT2D eigenvalue weighted by molar-refractivity contribution is -0.152. The van der Waals surface area contributed by atoms with Crippen LogP contribution in [0, 0.1) is 11.6 Å². The van der Waals surface area contributed by atoms with Crippen molar-refractivity contribution in [3.05, 3.63) is 35.4 Å². The molecule has 5 heteroatoms. The van der Waals surface area contributed by atoms with Gasteiger partial charge in [-0.25, -0.2) is 8.78 Å². The van der Waals surface area contributed by atoms with Crippen LogP contribution in [0.2, 0.25) is 0 Å². The van der Waals surface area contributed by atoms with E-state index in [9.17, 15) is 18.4 Å². The van der Waals surface area contributed by atoms with Gasteiger partial charge in [-0.15, -0.1) is 0 Å². The number of hydrogen-bond acceptors (Lipinski definition) is 3. The Morgan fingerprint density at radius 3 is 2.27 bits per heavy atom. The molecule has 0 amide bonds. The first-order chi connectivity index (χ1) is 7.09. The summed E-state index contributed by atoms with van der Waals surface area (Å²) in [5.74, 6) is -4.49. The summed E-state index contributed by atoms with van der Waals surface area (Å²) in [6, 6.07) is 3.26. The maximum Gasteiger partial charge on any atom is 0.321 e. The van der Waals surface area contributed by atoms with Crippen LogP contribution in [-0.2, 0) is 14.3 Å². The molecule has 1 fully saturated rings. The molecule has 0 spiro atoms. The van der Waals surface area contributed by atoms with Crippen LogP contribution in [0.25, 0.3) is 0 Å². The number of cyclic esters (lactones) is 2. The second-order valence-corrected chi connectivity index (χ2v) is 3.19. The van der Waals surface area contributed by atoms with E-state index in [-0.39, 0.29) is 6.42 Å². The topological polar surface area (TPSA) is 43.4 Å². The van der Waals surface area contributed by atoms with Gasteiger partial charge in [0.25, 0.3) is 0 Å². The Bertz CT molecular complexity index is 422. The number of carbonyl (C=O) groups is 2. The molecule has 0 saturated carbocycles. The second kappa shape index (κ2) is 3.42. The van der Waals surface area contributed by atoms with Crippen molar-refractivity contribution in [2.75, 3.05) is 0 Å². The fourth-order valence-electron chi connectivity index (χ4n) is 1.54. The molecule has 0 aromatic heterocycles. The molecule has 0 N–H and O–H groups in total. The lowest BCUT2D eigenvalue weighted by Crippen LogP contribution is -2.09. The van der Waals surface area contributed by atoms with Crippen LogP contribution in [0.15, 0.2) is 18.2 Å². The highest BCUT2D eigenvalue weighted by Gasteiger charge is 2.37. The predicted molar refractivity (Wildman–Crippen MR) is 44.8 cm³/mol. The summed E-state index contributed by atoms with van der Waals surface area (Å²) in [6.07, 6.45) is -0.309. The molecule has 78 valence electrons. The molecule has 1 aliphatic heterocycles. The van der Waals surface area contributed by atoms with Crippen LogP contribution in [0.4, 0.5) is 8.78 Å². The molecule has 1 aromatic rings. The van der Waals surface area contributed by atoms with E-state index in [2.05, 4.69) is 4.74 Å². The molecular formula is C10H6F2O3. The molecule has 1 unspecified atom stereocenters. The van der Waals surface area contributed by atoms with E-state index in [0.29, 0.717) is 0 Å². The number of carbonyl (C=O) groups excluding carboxylic acids is 2. The molecule has 0 aliphatic carbocycles. The van der Waals surface area contributed by atoms with Gasteiger partial charge in [-0.2, -0.15) is 0 Å². The smallest absolute Gasteiger partial charge is 0.321 e. The minimum Gasteiger partial charge on any atom is -0.393 e. The van der Waals surface area contributed by atoms with Gasteiger partial charge in [-0.3, -0.25) is 9.59 Å². The molecule has 15 heavy (non-hydrogen) atoms. The van der Waals surface area contributed by atoms with Crippen LogP contribution in [-0.4, -0.2) is 11.9 Å². The van der Waals surface area contributed by atoms with Crippen LogP contribution in [0.3, 0.4) is 0 Å². The van der Waals surface area contributed by atoms with E-state index < -0.39 is 35.1 Å². The van der Waals surface area contributed by atoms with E-state index in [1.54, 1.807) is 0 Å². The first-order valence-corrected chi connectivity index (χ1v) is 4.28. The first kappa shape index (κ1) is 9.76. The quantitative estimate of drug-likeness (QED) is 0.523. The number of benzene rings is 1. The summed E-state index contributed by atoms with van der Waals surface area (Å²) in [6.45, 7) is 0. The van der Waals surface area contributed by atoms with Gasteiger partial charge in [-0.1, -0.05) is 6.07 Å². The van der Waals surface area contributed by atoms with E-state index in [0.717, 1.165) is 12.1 Å². The van der Waals surface area contributed by atoms with Crippen LogP contribution in [0.1, 0.15) is 17.9 Å². The Morgan fingerprint density at radius 2 is 1.80 bits per heavy atom. The minimum absolute atomic E-state index is 0.309. The Kier molecular flexibility index (Phi) is 2.22. The number of esters is 2. The van der Waals surface area contributed by atoms with Gasteiger partial charge in [0.15, 0.2) is 0 Å². The Morgan fingerprint density at radius 1 is 1.20 bits per heavy atom. The zero-order valence-electron chi connectivity index (χ0n) is 7.50. The predicted octanol–water partition coefficient (Wildman–Crippen LogP) is 1.52. The summed E-state index contributed by atoms with van der Waals surface area (Å²) in [7, 11) is 0. The van der Waals surface area contributed by atoms with Gasteiger partial charge in [-0.05, 0) is 12.1 Å². The van der Waals surface area contributed by atoms with Crippen molar-refractivity contribution >= 4 is 11.9 Å². The summed E-state index contributed by atoms with van der Waals surface area (Å²) < 4.78 is 30.7. The van der Waals surface area contributed by atoms with Gasteiger partial charge >= 0.3 is 11.9 Å². The van der Waals surface area contributed by atoms with Crippen molar-refractivity contribution < 1.29 is 23.1 Å². The fraction of sp³-hybridized carbons (Fsp3) is 0.200. The second-order valence-electron chi connectivity index (χ2n) is 3.19. The summed E-state index contributed by atoms with van der Waals surface area (Å²) in [5.41, 5.74) is -0.395. The van der Waals surface area contributed by atoms with E-state index >= 15 is 0 Å². The maximum atomic E-state index is 13.2. The highest BCUT2D eigenvalue weighted by Crippen LogP contribution is 2.31. The molecule has 2 rings (SSSR count). The summed E-state index contributed by atoms with van der Waals surface area (Å²) >= 11 is 0. The lowest BCUT2D eigenvalue weighted by atomic mass is 9.96. The molecule has 0 bridgehead atoms. The third-order valence-corrected chi connectivity index (χ3v) is 2.22. The van der Waals surface area contributed by atoms with Gasteiger partial charge in [0.2, 0.25) is 0 Å². The van der Waals surface area contributed by atoms with Gasteiger partial charge < -0.3 is 4.74 Å². The molecule has 0 radical (unpaired) electrons. The molecule has 1 heterocycles. The van der Waals surface area contributed by atoms with Gasteiger partial charge in [0.1, 0.15) is 11.6 Å². The molecule has 3 nitrogen and oxygen atoms in total. The highest BCUT2D eigenvalue weighted by atomic mass is 19.1. The van der Waals surface area contributed by atoms with Gasteiger partial charge in [0, 0.05) is 5.56 Å². The average Bonchev–Trinajstić information content (AvgIpc) is 2.45. The number of hydrogen-bond donors (Lipinski definition) is 0. The molecule has 1 aromatic carbocycles. The average molecular weight is 212 g/mol. The zero-order valence-corrected chi connectivity index (χ0v) is 7.50. The normalized spacial score (nSPS) is 20.5. The third-order valence-electron chi connectivity index (χ3n) is 2.22. The van der Waals surface area contributed by atoms with Crippen molar-refractivity contribution in [3.8, 4) is 0 Å². The van der Waals surface area contributed by atoms with Crippen molar-refractivity contribution in [3.63, 3.8) is 0 Å². The minimum atomic E-state index is -1.15. The number of halogens is 2. The van der Waals surface area contributed by atoms with Crippen LogP contribution >= 0.6 is 0 Å². The van der Waals surface area contributed by atoms with Crippen molar-refractivity contribution in [1.82, 2.24) is 0 Å². The lowest BCUT2D eigenvalue weighted by Gasteiger charge is -2.07. The first-order valence-electron chi connectivity index (χ1n) is 4.28. The molecule has 1 saturated heterocycles. The SMILES string of the molecule is O=C1CC(c2c(F)cccc2F)C(=O)O1. The summed E-state index contributed by atoms with van der Waals surface area (Å²) in [4.78, 5) is 21.9. The number of ether oxygens (including phenoxy) is 1. The van der Waals surface area contributed by atoms with Gasteiger partial charge in [0.05, 0.1) is 12.3 Å². The van der Waals surface area contributed by atoms with Crippen LogP contribution in [0.5, 0.6) is 0 Å². The number of rotatable bonds is 1. The summed E-state index contributed by atoms with van der Waals surface area (Å²) in [5, 5.41) is 0. The molecule has 1 aliphatic rings. The Hall–Kier alpha value is -1.78. The Balaban J connectivity index is 2.46. The Labute approximate surface area is 83.7 Å². The largest absolute Gasteiger partial charge is 0.393 e. The molecule has 1 atom stereocenters. The van der Waals surface area contributed by atoms with Crippen molar-refractivity contribution in [1.29, 1.82) is 0 Å². The van der Waals surface area contributed by atoms with E-state index in [1.165, 1.54) is 6.07 Å². The van der Waals surface area contributed by atoms with Crippen molar-refractivity contribution in [2.45, 2.75) is 12.3 Å². The zero-order chi connectivity index (χ0) is 11.0. The fourth-order valence-corrected chi connectivity index (χ4v) is 1.54. The standard InChI is InChI=1S/C10H6F2O3/c11-6-2-1-3-7(12)9(6)5-4-8(13)15-10(5)14/h1-3,5H,4H2. The third kappa shape index (κ3) is 1.60. The maximum absolute atomic E-state index is 13.2. The van der Waals surface area contributed by atoms with Crippen molar-refractivity contribution in [2.24, 2.45) is 0 Å². The monoisotopic (exact) mass is 212 g/mol. The highest BCUT2D eigenvalue weighted by molar-refractivity contribution is 5.97. The van der Waals surface area contributed by atoms with E-state index in [1.807, 2.05) is 0 Å². The molecular weight excluding hydrogens is 206 g/mol. The van der Waals surface area contributed by atoms with Crippen LogP contribution < -0.4 is 0 Å². The van der Waals surface area contributed by atoms with E-state index in [4.69, 9.17) is 0 Å².